The number of hydrogen-bond donors (Lipinski definition) is 1. The molecule has 0 radical (unpaired) electrons. The predicted molar refractivity (Wildman–Crippen MR) is 41.3 cm³/mol. The summed E-state index contributed by atoms with van der Waals surface area (Å²) in [5, 5.41) is 8.79. The summed E-state index contributed by atoms with van der Waals surface area (Å²) in [4.78, 5) is 3.48. The first-order chi connectivity index (χ1) is 5.77. The Morgan fingerprint density at radius 1 is 1.58 bits per heavy atom. The Bertz CT molecular complexity index is 265. The minimum absolute atomic E-state index is 0.167. The first-order valence-corrected chi connectivity index (χ1v) is 3.67. The fraction of sp³-hybridized carbons (Fsp3) is 0.375. The smallest absolute Gasteiger partial charge is 0.221 e. The molecular formula is C8H10FNO2. The van der Waals surface area contributed by atoms with E-state index >= 15 is 0 Å². The van der Waals surface area contributed by atoms with Crippen molar-refractivity contribution < 1.29 is 14.2 Å². The Kier molecular flexibility index (Phi) is 2.99. The molecule has 0 unspecified atom stereocenters. The summed E-state index contributed by atoms with van der Waals surface area (Å²) in [6.45, 7) is 1.99. The maximum Gasteiger partial charge on any atom is 0.221 e. The summed E-state index contributed by atoms with van der Waals surface area (Å²) in [6.07, 6.45) is 0. The highest BCUT2D eigenvalue weighted by Crippen LogP contribution is 2.15. The van der Waals surface area contributed by atoms with Gasteiger partial charge >= 0.3 is 0 Å². The van der Waals surface area contributed by atoms with E-state index in [0.717, 1.165) is 0 Å². The van der Waals surface area contributed by atoms with Gasteiger partial charge in [-0.2, -0.15) is 9.37 Å². The molecule has 0 aromatic carbocycles. The fourth-order valence-electron chi connectivity index (χ4n) is 0.829. The van der Waals surface area contributed by atoms with Gasteiger partial charge in [-0.25, -0.2) is 0 Å². The van der Waals surface area contributed by atoms with Gasteiger partial charge in [0.1, 0.15) is 0 Å². The minimum Gasteiger partial charge on any atom is -0.478 e. The Balaban J connectivity index is 2.95. The lowest BCUT2D eigenvalue weighted by Gasteiger charge is -2.05. The summed E-state index contributed by atoms with van der Waals surface area (Å²) in [5.41, 5.74) is 0.498. The standard InChI is InChI=1S/C8H10FNO2/c1-2-12-8-6(5-11)3-4-7(9)10-8/h3-4,11H,2,5H2,1H3. The second-order valence-corrected chi connectivity index (χ2v) is 2.19. The maximum absolute atomic E-state index is 12.5. The van der Waals surface area contributed by atoms with Crippen LogP contribution in [0.15, 0.2) is 12.1 Å². The molecule has 0 saturated heterocycles. The van der Waals surface area contributed by atoms with Crippen LogP contribution in [0.1, 0.15) is 12.5 Å². The summed E-state index contributed by atoms with van der Waals surface area (Å²) < 4.78 is 17.5. The van der Waals surface area contributed by atoms with E-state index in [0.29, 0.717) is 12.2 Å². The van der Waals surface area contributed by atoms with Crippen molar-refractivity contribution in [2.24, 2.45) is 0 Å². The van der Waals surface area contributed by atoms with Crippen LogP contribution in [-0.2, 0) is 6.61 Å². The van der Waals surface area contributed by atoms with Gasteiger partial charge in [0.05, 0.1) is 13.2 Å². The number of aliphatic hydroxyl groups is 1. The van der Waals surface area contributed by atoms with Crippen molar-refractivity contribution in [3.63, 3.8) is 0 Å². The van der Waals surface area contributed by atoms with Crippen LogP contribution in [0.3, 0.4) is 0 Å². The topological polar surface area (TPSA) is 42.4 Å². The molecule has 12 heavy (non-hydrogen) atoms. The van der Waals surface area contributed by atoms with Crippen molar-refractivity contribution in [3.8, 4) is 5.88 Å². The third-order valence-corrected chi connectivity index (χ3v) is 1.36. The molecule has 0 aliphatic heterocycles. The Labute approximate surface area is 69.8 Å². The van der Waals surface area contributed by atoms with E-state index in [2.05, 4.69) is 4.98 Å². The summed E-state index contributed by atoms with van der Waals surface area (Å²) in [7, 11) is 0. The van der Waals surface area contributed by atoms with Crippen LogP contribution in [0.4, 0.5) is 4.39 Å². The SMILES string of the molecule is CCOc1nc(F)ccc1CO. The van der Waals surface area contributed by atoms with Gasteiger partial charge in [0, 0.05) is 5.56 Å². The quantitative estimate of drug-likeness (QED) is 0.693. The van der Waals surface area contributed by atoms with E-state index in [1.54, 1.807) is 6.92 Å². The number of ether oxygens (including phenoxy) is 1. The number of nitrogens with zero attached hydrogens (tertiary/aromatic N) is 1. The van der Waals surface area contributed by atoms with Gasteiger partial charge < -0.3 is 9.84 Å². The first-order valence-electron chi connectivity index (χ1n) is 3.67. The summed E-state index contributed by atoms with van der Waals surface area (Å²) in [6, 6.07) is 2.64. The van der Waals surface area contributed by atoms with E-state index in [-0.39, 0.29) is 12.5 Å². The van der Waals surface area contributed by atoms with Crippen molar-refractivity contribution in [3.05, 3.63) is 23.6 Å². The maximum atomic E-state index is 12.5. The van der Waals surface area contributed by atoms with Crippen molar-refractivity contribution in [1.29, 1.82) is 0 Å². The number of pyridine rings is 1. The number of halogens is 1. The third kappa shape index (κ3) is 1.92. The Hall–Kier alpha value is -1.16. The lowest BCUT2D eigenvalue weighted by molar-refractivity contribution is 0.261. The fourth-order valence-corrected chi connectivity index (χ4v) is 0.829. The zero-order valence-corrected chi connectivity index (χ0v) is 6.75. The largest absolute Gasteiger partial charge is 0.478 e. The Morgan fingerprint density at radius 3 is 2.92 bits per heavy atom. The second-order valence-electron chi connectivity index (χ2n) is 2.19. The van der Waals surface area contributed by atoms with Crippen molar-refractivity contribution >= 4 is 0 Å². The first kappa shape index (κ1) is 8.93. The minimum atomic E-state index is -0.601. The van der Waals surface area contributed by atoms with Gasteiger partial charge in [-0.3, -0.25) is 0 Å². The molecule has 0 aliphatic carbocycles. The molecular weight excluding hydrogens is 161 g/mol. The van der Waals surface area contributed by atoms with E-state index in [4.69, 9.17) is 9.84 Å². The van der Waals surface area contributed by atoms with E-state index < -0.39 is 5.95 Å². The lowest BCUT2D eigenvalue weighted by Crippen LogP contribution is -2.00. The molecule has 1 heterocycles. The molecule has 4 heteroatoms. The Morgan fingerprint density at radius 2 is 2.33 bits per heavy atom. The molecule has 1 N–H and O–H groups in total. The predicted octanol–water partition coefficient (Wildman–Crippen LogP) is 1.11. The highest BCUT2D eigenvalue weighted by molar-refractivity contribution is 5.24. The normalized spacial score (nSPS) is 9.92. The molecule has 1 aromatic heterocycles. The van der Waals surface area contributed by atoms with Crippen LogP contribution >= 0.6 is 0 Å². The molecule has 0 aliphatic rings. The van der Waals surface area contributed by atoms with Gasteiger partial charge in [-0.1, -0.05) is 0 Å². The van der Waals surface area contributed by atoms with E-state index in [9.17, 15) is 4.39 Å². The lowest BCUT2D eigenvalue weighted by atomic mass is 10.3. The molecule has 0 fully saturated rings. The van der Waals surface area contributed by atoms with Crippen LogP contribution in [0.5, 0.6) is 5.88 Å². The molecule has 0 atom stereocenters. The van der Waals surface area contributed by atoms with Crippen LogP contribution in [0, 0.1) is 5.95 Å². The molecule has 1 aromatic rings. The van der Waals surface area contributed by atoms with Crippen molar-refractivity contribution in [2.45, 2.75) is 13.5 Å². The average Bonchev–Trinajstić information content (AvgIpc) is 2.05. The zero-order valence-electron chi connectivity index (χ0n) is 6.75. The summed E-state index contributed by atoms with van der Waals surface area (Å²) in [5.74, 6) is -0.435. The summed E-state index contributed by atoms with van der Waals surface area (Å²) >= 11 is 0. The molecule has 0 bridgehead atoms. The van der Waals surface area contributed by atoms with Crippen LogP contribution < -0.4 is 4.74 Å². The highest BCUT2D eigenvalue weighted by Gasteiger charge is 2.04. The number of aromatic nitrogens is 1. The third-order valence-electron chi connectivity index (χ3n) is 1.36. The van der Waals surface area contributed by atoms with Gasteiger partial charge in [0.2, 0.25) is 11.8 Å². The number of aliphatic hydroxyl groups excluding tert-OH is 1. The highest BCUT2D eigenvalue weighted by atomic mass is 19.1. The molecule has 0 amide bonds. The van der Waals surface area contributed by atoms with Gasteiger partial charge in [-0.05, 0) is 19.1 Å². The number of rotatable bonds is 3. The van der Waals surface area contributed by atoms with Gasteiger partial charge in [-0.15, -0.1) is 0 Å². The van der Waals surface area contributed by atoms with E-state index in [1.807, 2.05) is 0 Å². The number of hydrogen-bond acceptors (Lipinski definition) is 3. The van der Waals surface area contributed by atoms with Crippen molar-refractivity contribution in [1.82, 2.24) is 4.98 Å². The van der Waals surface area contributed by atoms with E-state index in [1.165, 1.54) is 12.1 Å². The second kappa shape index (κ2) is 4.01. The van der Waals surface area contributed by atoms with Gasteiger partial charge in [0.25, 0.3) is 0 Å². The monoisotopic (exact) mass is 171 g/mol. The van der Waals surface area contributed by atoms with Crippen LogP contribution in [0.25, 0.3) is 0 Å². The van der Waals surface area contributed by atoms with Crippen LogP contribution in [-0.4, -0.2) is 16.7 Å². The molecule has 1 rings (SSSR count). The van der Waals surface area contributed by atoms with Gasteiger partial charge in [0.15, 0.2) is 0 Å². The van der Waals surface area contributed by atoms with Crippen molar-refractivity contribution in [2.75, 3.05) is 6.61 Å². The molecule has 0 saturated carbocycles. The molecule has 3 nitrogen and oxygen atoms in total. The van der Waals surface area contributed by atoms with Crippen LogP contribution in [0.2, 0.25) is 0 Å². The average molecular weight is 171 g/mol. The molecule has 66 valence electrons. The molecule has 0 spiro atoms. The zero-order chi connectivity index (χ0) is 8.97.